The minimum atomic E-state index is -0.333. The van der Waals surface area contributed by atoms with E-state index in [0.29, 0.717) is 18.8 Å². The Hall–Kier alpha value is -2.34. The lowest BCUT2D eigenvalue weighted by Gasteiger charge is -2.37. The van der Waals surface area contributed by atoms with Crippen molar-refractivity contribution in [3.05, 3.63) is 54.2 Å². The zero-order valence-electron chi connectivity index (χ0n) is 16.1. The van der Waals surface area contributed by atoms with Crippen molar-refractivity contribution in [2.75, 3.05) is 26.2 Å². The van der Waals surface area contributed by atoms with Gasteiger partial charge in [-0.25, -0.2) is 4.39 Å². The van der Waals surface area contributed by atoms with Gasteiger partial charge in [-0.3, -0.25) is 9.69 Å². The second kappa shape index (κ2) is 8.78. The Bertz CT molecular complexity index is 772. The van der Waals surface area contributed by atoms with Crippen LogP contribution in [-0.4, -0.2) is 48.0 Å². The molecule has 0 radical (unpaired) electrons. The van der Waals surface area contributed by atoms with Gasteiger partial charge in [0.2, 0.25) is 5.91 Å². The molecule has 0 bridgehead atoms. The van der Waals surface area contributed by atoms with Crippen molar-refractivity contribution >= 4 is 5.91 Å². The molecular formula is C22H27FN2O3. The number of benzene rings is 1. The smallest absolute Gasteiger partial charge is 0.226 e. The van der Waals surface area contributed by atoms with Gasteiger partial charge >= 0.3 is 0 Å². The molecule has 5 nitrogen and oxygen atoms in total. The fourth-order valence-corrected chi connectivity index (χ4v) is 4.20. The number of nitrogens with zero attached hydrogens (tertiary/aromatic N) is 2. The van der Waals surface area contributed by atoms with Crippen molar-refractivity contribution in [2.45, 2.75) is 38.3 Å². The van der Waals surface area contributed by atoms with E-state index in [1.165, 1.54) is 6.07 Å². The molecule has 1 aromatic heterocycles. The van der Waals surface area contributed by atoms with E-state index in [0.717, 1.165) is 51.1 Å². The van der Waals surface area contributed by atoms with Gasteiger partial charge in [-0.1, -0.05) is 12.1 Å². The standard InChI is InChI=1S/C22H27FN2O3/c23-20-7-1-2-8-21(20)28-18-9-12-25(13-10-18)22(26)17-5-3-11-24(15-17)16-19-6-4-14-27-19/h1-2,4,6-8,14,17-18H,3,5,9-13,15-16H2/t17-/m0/s1. The van der Waals surface area contributed by atoms with E-state index in [2.05, 4.69) is 4.90 Å². The van der Waals surface area contributed by atoms with Crippen LogP contribution in [0.1, 0.15) is 31.4 Å². The number of ether oxygens (including phenoxy) is 1. The molecule has 150 valence electrons. The van der Waals surface area contributed by atoms with Gasteiger partial charge in [0, 0.05) is 32.5 Å². The van der Waals surface area contributed by atoms with E-state index < -0.39 is 0 Å². The Morgan fingerprint density at radius 2 is 1.93 bits per heavy atom. The summed E-state index contributed by atoms with van der Waals surface area (Å²) in [6.07, 6.45) is 5.10. The number of hydrogen-bond acceptors (Lipinski definition) is 4. The maximum Gasteiger partial charge on any atom is 0.226 e. The van der Waals surface area contributed by atoms with E-state index in [4.69, 9.17) is 9.15 Å². The Morgan fingerprint density at radius 1 is 1.11 bits per heavy atom. The molecular weight excluding hydrogens is 359 g/mol. The molecule has 0 unspecified atom stereocenters. The van der Waals surface area contributed by atoms with Gasteiger partial charge < -0.3 is 14.1 Å². The first-order valence-electron chi connectivity index (χ1n) is 10.1. The summed E-state index contributed by atoms with van der Waals surface area (Å²) < 4.78 is 25.0. The summed E-state index contributed by atoms with van der Waals surface area (Å²) in [4.78, 5) is 17.3. The van der Waals surface area contributed by atoms with Gasteiger partial charge in [0.05, 0.1) is 18.7 Å². The first kappa shape index (κ1) is 19.0. The Morgan fingerprint density at radius 3 is 2.68 bits per heavy atom. The van der Waals surface area contributed by atoms with Crippen molar-refractivity contribution in [1.82, 2.24) is 9.80 Å². The van der Waals surface area contributed by atoms with Crippen molar-refractivity contribution in [2.24, 2.45) is 5.92 Å². The largest absolute Gasteiger partial charge is 0.487 e. The molecule has 0 N–H and O–H groups in total. The van der Waals surface area contributed by atoms with Crippen LogP contribution in [0.15, 0.2) is 47.1 Å². The Kier molecular flexibility index (Phi) is 5.95. The third kappa shape index (κ3) is 4.55. The second-order valence-electron chi connectivity index (χ2n) is 7.73. The van der Waals surface area contributed by atoms with Crippen molar-refractivity contribution in [1.29, 1.82) is 0 Å². The van der Waals surface area contributed by atoms with Gasteiger partial charge in [-0.15, -0.1) is 0 Å². The highest BCUT2D eigenvalue weighted by molar-refractivity contribution is 5.79. The van der Waals surface area contributed by atoms with Crippen molar-refractivity contribution in [3.8, 4) is 5.75 Å². The molecule has 6 heteroatoms. The lowest BCUT2D eigenvalue weighted by atomic mass is 9.95. The molecule has 3 heterocycles. The van der Waals surface area contributed by atoms with E-state index in [-0.39, 0.29) is 23.7 Å². The summed E-state index contributed by atoms with van der Waals surface area (Å²) in [6, 6.07) is 10.4. The monoisotopic (exact) mass is 386 g/mol. The fraction of sp³-hybridized carbons (Fsp3) is 0.500. The summed E-state index contributed by atoms with van der Waals surface area (Å²) in [5, 5.41) is 0. The number of carbonyl (C=O) groups is 1. The van der Waals surface area contributed by atoms with Crippen molar-refractivity contribution < 1.29 is 18.3 Å². The molecule has 2 aliphatic rings. The number of para-hydroxylation sites is 1. The highest BCUT2D eigenvalue weighted by atomic mass is 19.1. The summed E-state index contributed by atoms with van der Waals surface area (Å²) in [7, 11) is 0. The number of likely N-dealkylation sites (tertiary alicyclic amines) is 2. The van der Waals surface area contributed by atoms with Crippen LogP contribution in [0.2, 0.25) is 0 Å². The predicted octanol–water partition coefficient (Wildman–Crippen LogP) is 3.70. The minimum absolute atomic E-state index is 0.0391. The number of carbonyl (C=O) groups excluding carboxylic acids is 1. The van der Waals surface area contributed by atoms with E-state index >= 15 is 0 Å². The van der Waals surface area contributed by atoms with Gasteiger partial charge in [0.15, 0.2) is 11.6 Å². The zero-order valence-corrected chi connectivity index (χ0v) is 16.1. The number of hydrogen-bond donors (Lipinski definition) is 0. The maximum atomic E-state index is 13.8. The second-order valence-corrected chi connectivity index (χ2v) is 7.73. The third-order valence-electron chi connectivity index (χ3n) is 5.70. The highest BCUT2D eigenvalue weighted by Gasteiger charge is 2.32. The van der Waals surface area contributed by atoms with Crippen LogP contribution >= 0.6 is 0 Å². The maximum absolute atomic E-state index is 13.8. The third-order valence-corrected chi connectivity index (χ3v) is 5.70. The molecule has 1 atom stereocenters. The van der Waals surface area contributed by atoms with Crippen molar-refractivity contribution in [3.63, 3.8) is 0 Å². The number of piperidine rings is 2. The minimum Gasteiger partial charge on any atom is -0.487 e. The molecule has 0 saturated carbocycles. The SMILES string of the molecule is O=C([C@H]1CCCN(Cc2ccco2)C1)N1CCC(Oc2ccccc2F)CC1. The molecule has 0 aliphatic carbocycles. The van der Waals surface area contributed by atoms with Crippen LogP contribution in [0, 0.1) is 11.7 Å². The fourth-order valence-electron chi connectivity index (χ4n) is 4.20. The summed E-state index contributed by atoms with van der Waals surface area (Å²) in [6.45, 7) is 3.89. The van der Waals surface area contributed by atoms with Crippen LogP contribution in [-0.2, 0) is 11.3 Å². The van der Waals surface area contributed by atoms with Crippen LogP contribution in [0.3, 0.4) is 0 Å². The Balaban J connectivity index is 1.27. The highest BCUT2D eigenvalue weighted by Crippen LogP contribution is 2.25. The number of amides is 1. The molecule has 4 rings (SSSR count). The first-order valence-corrected chi connectivity index (χ1v) is 10.1. The molecule has 1 aromatic carbocycles. The molecule has 1 amide bonds. The number of rotatable bonds is 5. The number of halogens is 1. The molecule has 2 aliphatic heterocycles. The van der Waals surface area contributed by atoms with Gasteiger partial charge in [-0.2, -0.15) is 0 Å². The first-order chi connectivity index (χ1) is 13.7. The van der Waals surface area contributed by atoms with Crippen LogP contribution in [0.4, 0.5) is 4.39 Å². The Labute approximate surface area is 165 Å². The van der Waals surface area contributed by atoms with Gasteiger partial charge in [0.1, 0.15) is 11.9 Å². The molecule has 0 spiro atoms. The topological polar surface area (TPSA) is 45.9 Å². The van der Waals surface area contributed by atoms with Crippen LogP contribution < -0.4 is 4.74 Å². The molecule has 2 saturated heterocycles. The lowest BCUT2D eigenvalue weighted by molar-refractivity contribution is -0.139. The van der Waals surface area contributed by atoms with E-state index in [1.807, 2.05) is 17.0 Å². The van der Waals surface area contributed by atoms with Gasteiger partial charge in [-0.05, 0) is 43.7 Å². The summed E-state index contributed by atoms with van der Waals surface area (Å²) in [5.74, 6) is 1.20. The zero-order chi connectivity index (χ0) is 19.3. The van der Waals surface area contributed by atoms with Crippen LogP contribution in [0.25, 0.3) is 0 Å². The average molecular weight is 386 g/mol. The summed E-state index contributed by atoms with van der Waals surface area (Å²) >= 11 is 0. The average Bonchev–Trinajstić information content (AvgIpc) is 3.23. The van der Waals surface area contributed by atoms with Crippen LogP contribution in [0.5, 0.6) is 5.75 Å². The predicted molar refractivity (Wildman–Crippen MR) is 103 cm³/mol. The normalized spacial score (nSPS) is 21.6. The quantitative estimate of drug-likeness (QED) is 0.786. The van der Waals surface area contributed by atoms with E-state index in [1.54, 1.807) is 24.5 Å². The molecule has 2 aromatic rings. The lowest BCUT2D eigenvalue weighted by Crippen LogP contribution is -2.48. The number of furan rings is 1. The summed E-state index contributed by atoms with van der Waals surface area (Å²) in [5.41, 5.74) is 0. The van der Waals surface area contributed by atoms with Gasteiger partial charge in [0.25, 0.3) is 0 Å². The van der Waals surface area contributed by atoms with E-state index in [9.17, 15) is 9.18 Å². The molecule has 28 heavy (non-hydrogen) atoms. The molecule has 2 fully saturated rings.